The second kappa shape index (κ2) is 8.09. The number of nitrogen functional groups attached to an aromatic ring is 1. The molecule has 2 aliphatic heterocycles. The Labute approximate surface area is 199 Å². The second-order valence-corrected chi connectivity index (χ2v) is 10.1. The van der Waals surface area contributed by atoms with Crippen molar-refractivity contribution >= 4 is 29.3 Å². The topological polar surface area (TPSA) is 108 Å². The Morgan fingerprint density at radius 1 is 1.36 bits per heavy atom. The number of aryl methyl sites for hydroxylation is 1. The predicted octanol–water partition coefficient (Wildman–Crippen LogP) is 2.55. The SMILES string of the molecule is CCc1c(C)cnc(CN2CC3(CC3C(=O)N3CCC[C@H]3CO)c3c(Cl)nc(N)nc32)c1C. The monoisotopic (exact) mass is 470 g/mol. The first-order valence-electron chi connectivity index (χ1n) is 11.7. The zero-order valence-electron chi connectivity index (χ0n) is 19.4. The van der Waals surface area contributed by atoms with Crippen molar-refractivity contribution < 1.29 is 9.90 Å². The summed E-state index contributed by atoms with van der Waals surface area (Å²) in [4.78, 5) is 31.0. The number of aliphatic hydroxyl groups excluding tert-OH is 1. The molecule has 0 radical (unpaired) electrons. The van der Waals surface area contributed by atoms with Crippen molar-refractivity contribution in [2.24, 2.45) is 5.92 Å². The van der Waals surface area contributed by atoms with Crippen LogP contribution < -0.4 is 10.6 Å². The molecule has 1 spiro atoms. The van der Waals surface area contributed by atoms with Crippen molar-refractivity contribution in [1.29, 1.82) is 0 Å². The molecule has 0 bridgehead atoms. The Morgan fingerprint density at radius 2 is 2.15 bits per heavy atom. The third-order valence-corrected chi connectivity index (χ3v) is 8.12. The lowest BCUT2D eigenvalue weighted by molar-refractivity contribution is -0.134. The van der Waals surface area contributed by atoms with Crippen LogP contribution in [0.5, 0.6) is 0 Å². The van der Waals surface area contributed by atoms with E-state index in [4.69, 9.17) is 22.3 Å². The summed E-state index contributed by atoms with van der Waals surface area (Å²) in [5.41, 5.74) is 11.1. The maximum absolute atomic E-state index is 13.4. The minimum Gasteiger partial charge on any atom is -0.394 e. The molecule has 3 aliphatic rings. The molecule has 2 fully saturated rings. The normalized spacial score (nSPS) is 25.7. The molecule has 176 valence electrons. The van der Waals surface area contributed by atoms with Gasteiger partial charge in [0.05, 0.1) is 30.8 Å². The number of hydrogen-bond acceptors (Lipinski definition) is 7. The van der Waals surface area contributed by atoms with E-state index in [1.807, 2.05) is 11.1 Å². The molecule has 8 nitrogen and oxygen atoms in total. The van der Waals surface area contributed by atoms with Crippen LogP contribution >= 0.6 is 11.6 Å². The van der Waals surface area contributed by atoms with Crippen LogP contribution in [0.3, 0.4) is 0 Å². The lowest BCUT2D eigenvalue weighted by Gasteiger charge is -2.24. The van der Waals surface area contributed by atoms with Gasteiger partial charge in [-0.15, -0.1) is 0 Å². The number of pyridine rings is 1. The number of halogens is 1. The zero-order valence-corrected chi connectivity index (χ0v) is 20.2. The fourth-order valence-corrected chi connectivity index (χ4v) is 6.38. The number of fused-ring (bicyclic) bond motifs is 2. The van der Waals surface area contributed by atoms with Crippen molar-refractivity contribution in [2.75, 3.05) is 30.3 Å². The van der Waals surface area contributed by atoms with Gasteiger partial charge in [-0.2, -0.15) is 4.98 Å². The van der Waals surface area contributed by atoms with E-state index in [0.717, 1.165) is 30.5 Å². The smallest absolute Gasteiger partial charge is 0.227 e. The van der Waals surface area contributed by atoms with Gasteiger partial charge in [0.25, 0.3) is 0 Å². The highest BCUT2D eigenvalue weighted by Crippen LogP contribution is 2.63. The number of aromatic nitrogens is 3. The average molecular weight is 471 g/mol. The van der Waals surface area contributed by atoms with Gasteiger partial charge in [0, 0.05) is 30.3 Å². The molecule has 9 heteroatoms. The molecule has 3 N–H and O–H groups in total. The lowest BCUT2D eigenvalue weighted by Crippen LogP contribution is -2.40. The van der Waals surface area contributed by atoms with Crippen LogP contribution in [0.25, 0.3) is 0 Å². The summed E-state index contributed by atoms with van der Waals surface area (Å²) in [6.07, 6.45) is 5.37. The van der Waals surface area contributed by atoms with Crippen molar-refractivity contribution in [3.63, 3.8) is 0 Å². The van der Waals surface area contributed by atoms with Crippen LogP contribution in [0.4, 0.5) is 11.8 Å². The summed E-state index contributed by atoms with van der Waals surface area (Å²) in [6.45, 7) is 8.28. The van der Waals surface area contributed by atoms with Gasteiger partial charge < -0.3 is 20.6 Å². The summed E-state index contributed by atoms with van der Waals surface area (Å²) in [7, 11) is 0. The molecule has 1 saturated heterocycles. The molecule has 5 rings (SSSR count). The average Bonchev–Trinajstić information content (AvgIpc) is 3.14. The molecular weight excluding hydrogens is 440 g/mol. The van der Waals surface area contributed by atoms with Crippen LogP contribution in [0.15, 0.2) is 6.20 Å². The number of hydrogen-bond donors (Lipinski definition) is 2. The van der Waals surface area contributed by atoms with Gasteiger partial charge in [-0.1, -0.05) is 18.5 Å². The van der Waals surface area contributed by atoms with E-state index >= 15 is 0 Å². The number of anilines is 2. The van der Waals surface area contributed by atoms with Gasteiger partial charge in [-0.25, -0.2) is 4.98 Å². The molecule has 1 aliphatic carbocycles. The summed E-state index contributed by atoms with van der Waals surface area (Å²) >= 11 is 6.61. The highest BCUT2D eigenvalue weighted by Gasteiger charge is 2.66. The molecular formula is C24H31ClN6O2. The molecule has 1 amide bonds. The summed E-state index contributed by atoms with van der Waals surface area (Å²) < 4.78 is 0. The Balaban J connectivity index is 1.48. The van der Waals surface area contributed by atoms with Gasteiger partial charge >= 0.3 is 0 Å². The maximum Gasteiger partial charge on any atom is 0.227 e. The summed E-state index contributed by atoms with van der Waals surface area (Å²) in [6, 6.07) is -0.0860. The predicted molar refractivity (Wildman–Crippen MR) is 127 cm³/mol. The van der Waals surface area contributed by atoms with Gasteiger partial charge in [0.1, 0.15) is 11.0 Å². The Morgan fingerprint density at radius 3 is 2.88 bits per heavy atom. The summed E-state index contributed by atoms with van der Waals surface area (Å²) in [5.74, 6) is 0.761. The van der Waals surface area contributed by atoms with Crippen LogP contribution in [-0.4, -0.2) is 56.6 Å². The molecule has 1 saturated carbocycles. The number of rotatable bonds is 5. The van der Waals surface area contributed by atoms with E-state index in [2.05, 4.69) is 35.6 Å². The molecule has 4 heterocycles. The van der Waals surface area contributed by atoms with Gasteiger partial charge in [0.15, 0.2) is 0 Å². The first-order chi connectivity index (χ1) is 15.8. The zero-order chi connectivity index (χ0) is 23.5. The molecule has 2 aromatic heterocycles. The van der Waals surface area contributed by atoms with Gasteiger partial charge in [0.2, 0.25) is 11.9 Å². The van der Waals surface area contributed by atoms with Crippen molar-refractivity contribution in [3.05, 3.63) is 39.3 Å². The Kier molecular flexibility index (Phi) is 5.48. The summed E-state index contributed by atoms with van der Waals surface area (Å²) in [5, 5.41) is 10.0. The minimum absolute atomic E-state index is 0.00665. The number of carbonyl (C=O) groups excluding carboxylic acids is 1. The largest absolute Gasteiger partial charge is 0.394 e. The lowest BCUT2D eigenvalue weighted by atomic mass is 9.97. The highest BCUT2D eigenvalue weighted by atomic mass is 35.5. The third-order valence-electron chi connectivity index (χ3n) is 7.85. The van der Waals surface area contributed by atoms with E-state index in [0.29, 0.717) is 37.0 Å². The van der Waals surface area contributed by atoms with E-state index in [1.165, 1.54) is 16.7 Å². The quantitative estimate of drug-likeness (QED) is 0.646. The number of carbonyl (C=O) groups is 1. The third kappa shape index (κ3) is 3.46. The number of likely N-dealkylation sites (tertiary alicyclic amines) is 1. The van der Waals surface area contributed by atoms with Crippen molar-refractivity contribution in [2.45, 2.75) is 64.5 Å². The Bertz CT molecular complexity index is 1120. The van der Waals surface area contributed by atoms with E-state index in [9.17, 15) is 9.90 Å². The molecule has 0 aromatic carbocycles. The number of aliphatic hydroxyl groups is 1. The van der Waals surface area contributed by atoms with Crippen LogP contribution in [0.1, 0.15) is 54.1 Å². The van der Waals surface area contributed by atoms with E-state index < -0.39 is 5.41 Å². The second-order valence-electron chi connectivity index (χ2n) is 9.70. The number of amides is 1. The molecule has 3 atom stereocenters. The number of nitrogens with two attached hydrogens (primary N) is 1. The Hall–Kier alpha value is -2.45. The van der Waals surface area contributed by atoms with Crippen LogP contribution in [0, 0.1) is 19.8 Å². The van der Waals surface area contributed by atoms with E-state index in [1.54, 1.807) is 0 Å². The highest BCUT2D eigenvalue weighted by molar-refractivity contribution is 6.31. The first-order valence-corrected chi connectivity index (χ1v) is 12.1. The number of nitrogens with zero attached hydrogens (tertiary/aromatic N) is 5. The molecule has 33 heavy (non-hydrogen) atoms. The van der Waals surface area contributed by atoms with E-state index in [-0.39, 0.29) is 30.4 Å². The van der Waals surface area contributed by atoms with Crippen molar-refractivity contribution in [1.82, 2.24) is 19.9 Å². The molecule has 2 aromatic rings. The van der Waals surface area contributed by atoms with Crippen LogP contribution in [0.2, 0.25) is 5.15 Å². The molecule has 2 unspecified atom stereocenters. The van der Waals surface area contributed by atoms with Gasteiger partial charge in [-0.3, -0.25) is 9.78 Å². The van der Waals surface area contributed by atoms with Crippen LogP contribution in [-0.2, 0) is 23.2 Å². The van der Waals surface area contributed by atoms with Gasteiger partial charge in [-0.05, 0) is 56.2 Å². The maximum atomic E-state index is 13.4. The first kappa shape index (κ1) is 22.3. The fraction of sp³-hybridized carbons (Fsp3) is 0.583. The minimum atomic E-state index is -0.411. The van der Waals surface area contributed by atoms with Crippen molar-refractivity contribution in [3.8, 4) is 0 Å². The fourth-order valence-electron chi connectivity index (χ4n) is 6.02. The standard InChI is InChI=1S/C24H31ClN6O2/c1-4-16-13(2)9-27-18(14(16)3)10-30-12-24(19-20(25)28-23(26)29-21(19)30)8-17(24)22(33)31-7-5-6-15(31)11-32/h9,15,17,32H,4-8,10-12H2,1-3H3,(H2,26,28,29)/t15-,17?,24?/m0/s1.